The lowest BCUT2D eigenvalue weighted by Crippen LogP contribution is -2.45. The number of anilines is 1. The number of carbonyl (C=O) groups is 1. The maximum atomic E-state index is 12.0. The Balaban J connectivity index is 1.56. The zero-order valence-electron chi connectivity index (χ0n) is 14.2. The molecule has 2 aromatic rings. The lowest BCUT2D eigenvalue weighted by atomic mass is 10.0. The van der Waals surface area contributed by atoms with Crippen molar-refractivity contribution >= 4 is 11.7 Å². The Morgan fingerprint density at radius 1 is 1.24 bits per heavy atom. The molecule has 0 unspecified atom stereocenters. The molecule has 2 aromatic carbocycles. The first kappa shape index (κ1) is 17.3. The summed E-state index contributed by atoms with van der Waals surface area (Å²) in [4.78, 5) is 12.0. The molecule has 1 aliphatic heterocycles. The average Bonchev–Trinajstić information content (AvgIpc) is 2.68. The van der Waals surface area contributed by atoms with Gasteiger partial charge in [-0.05, 0) is 23.8 Å². The van der Waals surface area contributed by atoms with Crippen LogP contribution >= 0.6 is 0 Å². The van der Waals surface area contributed by atoms with Crippen LogP contribution in [0.3, 0.4) is 0 Å². The van der Waals surface area contributed by atoms with E-state index in [9.17, 15) is 4.79 Å². The number of benzene rings is 2. The van der Waals surface area contributed by atoms with Gasteiger partial charge in [-0.1, -0.05) is 30.3 Å². The average molecular weight is 341 g/mol. The van der Waals surface area contributed by atoms with E-state index in [0.29, 0.717) is 13.2 Å². The first-order valence-corrected chi connectivity index (χ1v) is 8.37. The summed E-state index contributed by atoms with van der Waals surface area (Å²) in [5, 5.41) is 8.89. The van der Waals surface area contributed by atoms with Gasteiger partial charge in [-0.2, -0.15) is 0 Å². The van der Waals surface area contributed by atoms with Crippen molar-refractivity contribution < 1.29 is 14.3 Å². The second kappa shape index (κ2) is 8.50. The highest BCUT2D eigenvalue weighted by Gasteiger charge is 2.14. The minimum Gasteiger partial charge on any atom is -0.496 e. The van der Waals surface area contributed by atoms with E-state index in [1.165, 1.54) is 0 Å². The Hall–Kier alpha value is -2.57. The molecule has 3 rings (SSSR count). The van der Waals surface area contributed by atoms with Crippen molar-refractivity contribution in [2.75, 3.05) is 38.7 Å². The Bertz CT molecular complexity index is 697. The van der Waals surface area contributed by atoms with Crippen molar-refractivity contribution in [3.8, 4) is 16.9 Å². The molecule has 1 atom stereocenters. The molecular weight excluding hydrogens is 318 g/mol. The Morgan fingerprint density at radius 3 is 2.76 bits per heavy atom. The van der Waals surface area contributed by atoms with E-state index < -0.39 is 0 Å². The van der Waals surface area contributed by atoms with Crippen molar-refractivity contribution in [3.05, 3.63) is 48.5 Å². The van der Waals surface area contributed by atoms with Crippen LogP contribution in [0.4, 0.5) is 10.5 Å². The normalized spacial score (nSPS) is 16.9. The number of methoxy groups -OCH3 is 1. The molecule has 1 fully saturated rings. The summed E-state index contributed by atoms with van der Waals surface area (Å²) < 4.78 is 10.9. The first-order valence-electron chi connectivity index (χ1n) is 8.37. The van der Waals surface area contributed by atoms with Crippen molar-refractivity contribution in [1.82, 2.24) is 10.6 Å². The summed E-state index contributed by atoms with van der Waals surface area (Å²) in [7, 11) is 1.66. The summed E-state index contributed by atoms with van der Waals surface area (Å²) in [6, 6.07) is 15.3. The predicted molar refractivity (Wildman–Crippen MR) is 98.1 cm³/mol. The minimum absolute atomic E-state index is 0.0208. The van der Waals surface area contributed by atoms with Crippen LogP contribution in [0.2, 0.25) is 0 Å². The highest BCUT2D eigenvalue weighted by Crippen LogP contribution is 2.30. The SMILES string of the molecule is COc1ccccc1-c1ccc(NC(=O)NC[C@H]2CNCCO2)cc1. The van der Waals surface area contributed by atoms with Crippen LogP contribution in [0.5, 0.6) is 5.75 Å². The van der Waals surface area contributed by atoms with Crippen molar-refractivity contribution in [2.24, 2.45) is 0 Å². The number of ether oxygens (including phenoxy) is 2. The summed E-state index contributed by atoms with van der Waals surface area (Å²) in [6.07, 6.45) is 0.0208. The third-order valence-electron chi connectivity index (χ3n) is 4.06. The van der Waals surface area contributed by atoms with E-state index in [2.05, 4.69) is 16.0 Å². The third-order valence-corrected chi connectivity index (χ3v) is 4.06. The Kier molecular flexibility index (Phi) is 5.87. The number of amides is 2. The second-order valence-corrected chi connectivity index (χ2v) is 5.81. The largest absolute Gasteiger partial charge is 0.496 e. The van der Waals surface area contributed by atoms with Gasteiger partial charge in [0.2, 0.25) is 0 Å². The topological polar surface area (TPSA) is 71.6 Å². The number of urea groups is 1. The number of nitrogens with one attached hydrogen (secondary N) is 3. The maximum Gasteiger partial charge on any atom is 0.319 e. The highest BCUT2D eigenvalue weighted by atomic mass is 16.5. The van der Waals surface area contributed by atoms with E-state index in [0.717, 1.165) is 35.7 Å². The smallest absolute Gasteiger partial charge is 0.319 e. The van der Waals surface area contributed by atoms with Gasteiger partial charge in [-0.3, -0.25) is 0 Å². The molecule has 6 heteroatoms. The van der Waals surface area contributed by atoms with E-state index in [1.807, 2.05) is 48.5 Å². The van der Waals surface area contributed by atoms with Gasteiger partial charge in [0.25, 0.3) is 0 Å². The molecule has 0 bridgehead atoms. The number of carbonyl (C=O) groups excluding carboxylic acids is 1. The number of rotatable bonds is 5. The molecule has 0 spiro atoms. The monoisotopic (exact) mass is 341 g/mol. The van der Waals surface area contributed by atoms with Crippen LogP contribution < -0.4 is 20.7 Å². The van der Waals surface area contributed by atoms with Crippen LogP contribution in [0.25, 0.3) is 11.1 Å². The van der Waals surface area contributed by atoms with Gasteiger partial charge in [0, 0.05) is 30.9 Å². The van der Waals surface area contributed by atoms with Crippen molar-refractivity contribution in [1.29, 1.82) is 0 Å². The molecule has 1 aliphatic rings. The predicted octanol–water partition coefficient (Wildman–Crippen LogP) is 2.47. The lowest BCUT2D eigenvalue weighted by molar-refractivity contribution is 0.0310. The summed E-state index contributed by atoms with van der Waals surface area (Å²) in [5.41, 5.74) is 2.78. The number of hydrogen-bond acceptors (Lipinski definition) is 4. The summed E-state index contributed by atoms with van der Waals surface area (Å²) >= 11 is 0. The van der Waals surface area contributed by atoms with Gasteiger partial charge in [-0.25, -0.2) is 4.79 Å². The molecule has 25 heavy (non-hydrogen) atoms. The van der Waals surface area contributed by atoms with Crippen LogP contribution in [0.1, 0.15) is 0 Å². The fourth-order valence-electron chi connectivity index (χ4n) is 2.75. The third kappa shape index (κ3) is 4.71. The summed E-state index contributed by atoms with van der Waals surface area (Å²) in [6.45, 7) is 2.78. The van der Waals surface area contributed by atoms with E-state index in [-0.39, 0.29) is 12.1 Å². The summed E-state index contributed by atoms with van der Waals surface area (Å²) in [5.74, 6) is 0.821. The Morgan fingerprint density at radius 2 is 2.04 bits per heavy atom. The number of para-hydroxylation sites is 1. The zero-order valence-corrected chi connectivity index (χ0v) is 14.2. The Labute approximate surface area is 147 Å². The zero-order chi connectivity index (χ0) is 17.5. The van der Waals surface area contributed by atoms with Gasteiger partial charge < -0.3 is 25.4 Å². The van der Waals surface area contributed by atoms with E-state index >= 15 is 0 Å². The van der Waals surface area contributed by atoms with Crippen LogP contribution in [-0.4, -0.2) is 45.5 Å². The number of morpholine rings is 1. The molecule has 0 aromatic heterocycles. The van der Waals surface area contributed by atoms with Crippen molar-refractivity contribution in [3.63, 3.8) is 0 Å². The minimum atomic E-state index is -0.237. The molecule has 0 saturated carbocycles. The van der Waals surface area contributed by atoms with Gasteiger partial charge >= 0.3 is 6.03 Å². The molecule has 1 saturated heterocycles. The fraction of sp³-hybridized carbons (Fsp3) is 0.316. The van der Waals surface area contributed by atoms with Crippen LogP contribution in [-0.2, 0) is 4.74 Å². The lowest BCUT2D eigenvalue weighted by Gasteiger charge is -2.23. The van der Waals surface area contributed by atoms with Crippen LogP contribution in [0, 0.1) is 0 Å². The highest BCUT2D eigenvalue weighted by molar-refractivity contribution is 5.89. The quantitative estimate of drug-likeness (QED) is 0.781. The van der Waals surface area contributed by atoms with Crippen LogP contribution in [0.15, 0.2) is 48.5 Å². The molecule has 0 aliphatic carbocycles. The molecular formula is C19H23N3O3. The second-order valence-electron chi connectivity index (χ2n) is 5.81. The van der Waals surface area contributed by atoms with Gasteiger partial charge in [0.05, 0.1) is 19.8 Å². The first-order chi connectivity index (χ1) is 12.3. The van der Waals surface area contributed by atoms with Gasteiger partial charge in [0.1, 0.15) is 5.75 Å². The molecule has 0 radical (unpaired) electrons. The van der Waals surface area contributed by atoms with Gasteiger partial charge in [-0.15, -0.1) is 0 Å². The molecule has 132 valence electrons. The van der Waals surface area contributed by atoms with Gasteiger partial charge in [0.15, 0.2) is 0 Å². The van der Waals surface area contributed by atoms with Crippen molar-refractivity contribution in [2.45, 2.75) is 6.10 Å². The molecule has 2 amide bonds. The molecule has 6 nitrogen and oxygen atoms in total. The molecule has 1 heterocycles. The standard InChI is InChI=1S/C19H23N3O3/c1-24-18-5-3-2-4-17(18)14-6-8-15(9-7-14)22-19(23)21-13-16-12-20-10-11-25-16/h2-9,16,20H,10-13H2,1H3,(H2,21,22,23)/t16-/m1/s1. The van der Waals surface area contributed by atoms with E-state index in [1.54, 1.807) is 7.11 Å². The maximum absolute atomic E-state index is 12.0. The number of hydrogen-bond donors (Lipinski definition) is 3. The molecule has 3 N–H and O–H groups in total. The van der Waals surface area contributed by atoms with E-state index in [4.69, 9.17) is 9.47 Å². The fourth-order valence-corrected chi connectivity index (χ4v) is 2.75.